The second-order valence-corrected chi connectivity index (χ2v) is 5.86. The summed E-state index contributed by atoms with van der Waals surface area (Å²) in [5.41, 5.74) is 0.415. The van der Waals surface area contributed by atoms with Crippen molar-refractivity contribution in [2.45, 2.75) is 13.0 Å². The molecule has 130 valence electrons. The van der Waals surface area contributed by atoms with Gasteiger partial charge >= 0.3 is 0 Å². The number of aromatic nitrogens is 3. The Balaban J connectivity index is 1.53. The first-order valence-electron chi connectivity index (χ1n) is 8.24. The van der Waals surface area contributed by atoms with Gasteiger partial charge in [0, 0.05) is 57.9 Å². The number of rotatable bonds is 6. The van der Waals surface area contributed by atoms with Crippen molar-refractivity contribution in [3.8, 4) is 0 Å². The smallest absolute Gasteiger partial charge is 0.274 e. The van der Waals surface area contributed by atoms with E-state index in [1.54, 1.807) is 27.8 Å². The van der Waals surface area contributed by atoms with Crippen LogP contribution in [-0.4, -0.2) is 87.2 Å². The highest BCUT2D eigenvalue weighted by molar-refractivity contribution is 5.92. The number of hydrogen-bond donors (Lipinski definition) is 1. The minimum Gasteiger partial charge on any atom is -0.389 e. The highest BCUT2D eigenvalue weighted by Gasteiger charge is 2.25. The summed E-state index contributed by atoms with van der Waals surface area (Å²) in [4.78, 5) is 24.9. The Labute approximate surface area is 140 Å². The van der Waals surface area contributed by atoms with Crippen LogP contribution in [0.1, 0.15) is 17.4 Å². The van der Waals surface area contributed by atoms with Crippen molar-refractivity contribution in [3.05, 3.63) is 30.4 Å². The number of aliphatic hydroxyl groups excluding tert-OH is 1. The molecule has 8 nitrogen and oxygen atoms in total. The first kappa shape index (κ1) is 16.8. The van der Waals surface area contributed by atoms with Crippen LogP contribution in [0.5, 0.6) is 0 Å². The standard InChI is InChI=1S/C16H23N5O3/c1-2-24-12-13(22)10-19-6-8-20(9-7-19)15(23)14-11-21-5-3-4-17-16(21)18-14/h3-5,11,13,22H,2,6-10,12H2,1H3/t13-/m0/s1. The molecule has 0 aliphatic carbocycles. The largest absolute Gasteiger partial charge is 0.389 e. The lowest BCUT2D eigenvalue weighted by Crippen LogP contribution is -2.50. The second-order valence-electron chi connectivity index (χ2n) is 5.86. The quantitative estimate of drug-likeness (QED) is 0.794. The Morgan fingerprint density at radius 1 is 1.38 bits per heavy atom. The van der Waals surface area contributed by atoms with Crippen molar-refractivity contribution in [3.63, 3.8) is 0 Å². The summed E-state index contributed by atoms with van der Waals surface area (Å²) < 4.78 is 6.97. The van der Waals surface area contributed by atoms with Crippen molar-refractivity contribution < 1.29 is 14.6 Å². The third-order valence-corrected chi connectivity index (χ3v) is 4.10. The molecular weight excluding hydrogens is 310 g/mol. The van der Waals surface area contributed by atoms with Gasteiger partial charge in [-0.2, -0.15) is 0 Å². The lowest BCUT2D eigenvalue weighted by molar-refractivity contribution is 0.0110. The number of piperazine rings is 1. The SMILES string of the molecule is CCOC[C@@H](O)CN1CCN(C(=O)c2cn3cccnc3n2)CC1. The normalized spacial score (nSPS) is 17.3. The van der Waals surface area contributed by atoms with Gasteiger partial charge in [0.05, 0.1) is 12.7 Å². The number of imidazole rings is 1. The predicted molar refractivity (Wildman–Crippen MR) is 87.8 cm³/mol. The summed E-state index contributed by atoms with van der Waals surface area (Å²) >= 11 is 0. The van der Waals surface area contributed by atoms with Crippen molar-refractivity contribution in [1.29, 1.82) is 0 Å². The molecule has 2 aromatic heterocycles. The molecule has 0 aromatic carbocycles. The average molecular weight is 333 g/mol. The van der Waals surface area contributed by atoms with E-state index in [-0.39, 0.29) is 5.91 Å². The number of carbonyl (C=O) groups excluding carboxylic acids is 1. The van der Waals surface area contributed by atoms with Crippen LogP contribution in [0.3, 0.4) is 0 Å². The van der Waals surface area contributed by atoms with Crippen molar-refractivity contribution in [2.24, 2.45) is 0 Å². The summed E-state index contributed by atoms with van der Waals surface area (Å²) in [6.07, 6.45) is 4.70. The van der Waals surface area contributed by atoms with Crippen LogP contribution in [-0.2, 0) is 4.74 Å². The number of nitrogens with zero attached hydrogens (tertiary/aromatic N) is 5. The fraction of sp³-hybridized carbons (Fsp3) is 0.562. The molecule has 1 N–H and O–H groups in total. The molecule has 0 radical (unpaired) electrons. The molecule has 24 heavy (non-hydrogen) atoms. The summed E-state index contributed by atoms with van der Waals surface area (Å²) in [5, 5.41) is 9.90. The summed E-state index contributed by atoms with van der Waals surface area (Å²) in [6.45, 7) is 6.16. The number of hydrogen-bond acceptors (Lipinski definition) is 6. The highest BCUT2D eigenvalue weighted by Crippen LogP contribution is 2.09. The molecule has 0 unspecified atom stereocenters. The van der Waals surface area contributed by atoms with E-state index in [2.05, 4.69) is 14.9 Å². The molecule has 1 amide bonds. The minimum absolute atomic E-state index is 0.0741. The first-order chi connectivity index (χ1) is 11.7. The zero-order valence-corrected chi connectivity index (χ0v) is 13.8. The summed E-state index contributed by atoms with van der Waals surface area (Å²) in [7, 11) is 0. The summed E-state index contributed by atoms with van der Waals surface area (Å²) in [6, 6.07) is 1.80. The van der Waals surface area contributed by atoms with Crippen LogP contribution in [0.2, 0.25) is 0 Å². The lowest BCUT2D eigenvalue weighted by atomic mass is 10.2. The van der Waals surface area contributed by atoms with Gasteiger partial charge in [-0.25, -0.2) is 9.97 Å². The van der Waals surface area contributed by atoms with Crippen LogP contribution in [0.25, 0.3) is 5.78 Å². The van der Waals surface area contributed by atoms with Crippen molar-refractivity contribution in [1.82, 2.24) is 24.2 Å². The van der Waals surface area contributed by atoms with Crippen LogP contribution in [0.4, 0.5) is 0 Å². The molecular formula is C16H23N5O3. The maximum absolute atomic E-state index is 12.6. The Morgan fingerprint density at radius 2 is 2.17 bits per heavy atom. The molecule has 1 saturated heterocycles. The fourth-order valence-corrected chi connectivity index (χ4v) is 2.83. The Bertz CT molecular complexity index is 648. The molecule has 1 aliphatic heterocycles. The highest BCUT2D eigenvalue weighted by atomic mass is 16.5. The third-order valence-electron chi connectivity index (χ3n) is 4.10. The van der Waals surface area contributed by atoms with E-state index in [0.717, 1.165) is 13.1 Å². The van der Waals surface area contributed by atoms with Crippen molar-refractivity contribution in [2.75, 3.05) is 45.9 Å². The maximum atomic E-state index is 12.6. The molecule has 1 aliphatic rings. The van der Waals surface area contributed by atoms with E-state index in [4.69, 9.17) is 4.74 Å². The van der Waals surface area contributed by atoms with Gasteiger partial charge in [0.1, 0.15) is 5.69 Å². The third kappa shape index (κ3) is 3.89. The second kappa shape index (κ2) is 7.69. The van der Waals surface area contributed by atoms with Gasteiger partial charge in [0.2, 0.25) is 5.78 Å². The van der Waals surface area contributed by atoms with Gasteiger partial charge in [-0.1, -0.05) is 0 Å². The monoisotopic (exact) mass is 333 g/mol. The molecule has 3 heterocycles. The van der Waals surface area contributed by atoms with Gasteiger partial charge < -0.3 is 14.7 Å². The van der Waals surface area contributed by atoms with Crippen LogP contribution in [0, 0.1) is 0 Å². The molecule has 2 aromatic rings. The lowest BCUT2D eigenvalue weighted by Gasteiger charge is -2.35. The topological polar surface area (TPSA) is 83.2 Å². The number of carbonyl (C=O) groups is 1. The molecule has 3 rings (SSSR count). The first-order valence-corrected chi connectivity index (χ1v) is 8.24. The fourth-order valence-electron chi connectivity index (χ4n) is 2.83. The number of aliphatic hydroxyl groups is 1. The van der Waals surface area contributed by atoms with Gasteiger partial charge in [-0.15, -0.1) is 0 Å². The molecule has 0 spiro atoms. The van der Waals surface area contributed by atoms with Gasteiger partial charge in [0.25, 0.3) is 5.91 Å². The molecule has 8 heteroatoms. The Hall–Kier alpha value is -2.03. The Kier molecular flexibility index (Phi) is 5.39. The average Bonchev–Trinajstić information content (AvgIpc) is 3.04. The van der Waals surface area contributed by atoms with Crippen LogP contribution < -0.4 is 0 Å². The van der Waals surface area contributed by atoms with E-state index in [1.807, 2.05) is 13.1 Å². The van der Waals surface area contributed by atoms with Crippen LogP contribution >= 0.6 is 0 Å². The zero-order chi connectivity index (χ0) is 16.9. The molecule has 1 fully saturated rings. The Morgan fingerprint density at radius 3 is 2.88 bits per heavy atom. The summed E-state index contributed by atoms with van der Waals surface area (Å²) in [5.74, 6) is 0.452. The van der Waals surface area contributed by atoms with E-state index in [0.29, 0.717) is 44.3 Å². The number of fused-ring (bicyclic) bond motifs is 1. The molecule has 0 bridgehead atoms. The van der Waals surface area contributed by atoms with E-state index in [9.17, 15) is 9.90 Å². The van der Waals surface area contributed by atoms with Gasteiger partial charge in [0.15, 0.2) is 0 Å². The van der Waals surface area contributed by atoms with E-state index in [1.165, 1.54) is 0 Å². The number of ether oxygens (including phenoxy) is 1. The van der Waals surface area contributed by atoms with Crippen LogP contribution in [0.15, 0.2) is 24.7 Å². The molecule has 0 saturated carbocycles. The zero-order valence-electron chi connectivity index (χ0n) is 13.8. The molecule has 1 atom stereocenters. The van der Waals surface area contributed by atoms with Gasteiger partial charge in [-0.05, 0) is 13.0 Å². The maximum Gasteiger partial charge on any atom is 0.274 e. The predicted octanol–water partition coefficient (Wildman–Crippen LogP) is -0.115. The van der Waals surface area contributed by atoms with Gasteiger partial charge in [-0.3, -0.25) is 14.1 Å². The van der Waals surface area contributed by atoms with E-state index >= 15 is 0 Å². The number of amides is 1. The van der Waals surface area contributed by atoms with E-state index < -0.39 is 6.10 Å². The van der Waals surface area contributed by atoms with Crippen molar-refractivity contribution >= 4 is 11.7 Å². The minimum atomic E-state index is -0.489. The number of β-amino-alcohol motifs (C(OH)–C–C–N with tert-alkyl or cyclic N) is 1.